The van der Waals surface area contributed by atoms with Crippen molar-refractivity contribution in [2.45, 2.75) is 32.9 Å². The van der Waals surface area contributed by atoms with Gasteiger partial charge in [-0.05, 0) is 32.7 Å². The lowest BCUT2D eigenvalue weighted by Crippen LogP contribution is -2.29. The quantitative estimate of drug-likeness (QED) is 0.436. The highest BCUT2D eigenvalue weighted by Gasteiger charge is 2.39. The van der Waals surface area contributed by atoms with Crippen molar-refractivity contribution in [1.82, 2.24) is 4.34 Å². The molecule has 1 heterocycles. The van der Waals surface area contributed by atoms with E-state index in [0.717, 1.165) is 5.69 Å². The molecular formula is C9H17N2O2P. The van der Waals surface area contributed by atoms with Crippen LogP contribution in [0.25, 0.3) is 0 Å². The average Bonchev–Trinajstić information content (AvgIpc) is 2.30. The van der Waals surface area contributed by atoms with Crippen LogP contribution in [-0.4, -0.2) is 14.4 Å². The molecule has 5 heteroatoms. The highest BCUT2D eigenvalue weighted by molar-refractivity contribution is 7.57. The summed E-state index contributed by atoms with van der Waals surface area (Å²) in [5.74, 6) is 0. The molecule has 0 saturated carbocycles. The normalized spacial score (nSPS) is 16.7. The monoisotopic (exact) mass is 216 g/mol. The molecule has 0 saturated heterocycles. The minimum atomic E-state index is -3.39. The fraction of sp³-hybridized carbons (Fsp3) is 0.667. The van der Waals surface area contributed by atoms with Crippen molar-refractivity contribution in [3.05, 3.63) is 18.2 Å². The van der Waals surface area contributed by atoms with Crippen molar-refractivity contribution >= 4 is 7.52 Å². The third-order valence-electron chi connectivity index (χ3n) is 2.26. The number of aryl methyl sites for hydroxylation is 2. The molecule has 14 heavy (non-hydrogen) atoms. The smallest absolute Gasteiger partial charge is 0.351 e. The second-order valence-corrected chi connectivity index (χ2v) is 7.35. The van der Waals surface area contributed by atoms with E-state index < -0.39 is 12.7 Å². The third kappa shape index (κ3) is 1.77. The Labute approximate surface area is 84.7 Å². The van der Waals surface area contributed by atoms with E-state index in [1.54, 1.807) is 38.6 Å². The van der Waals surface area contributed by atoms with E-state index in [1.165, 1.54) is 4.34 Å². The van der Waals surface area contributed by atoms with E-state index >= 15 is 0 Å². The van der Waals surface area contributed by atoms with Crippen molar-refractivity contribution in [2.75, 3.05) is 0 Å². The van der Waals surface area contributed by atoms with Crippen LogP contribution in [0.15, 0.2) is 6.20 Å². The van der Waals surface area contributed by atoms with Crippen LogP contribution < -0.4 is 4.57 Å². The number of hydrogen-bond acceptors (Lipinski definition) is 1. The Morgan fingerprint density at radius 1 is 1.57 bits per heavy atom. The molecule has 1 aromatic heterocycles. The number of hydrogen-bond donors (Lipinski definition) is 1. The summed E-state index contributed by atoms with van der Waals surface area (Å²) < 4.78 is 15.1. The predicted octanol–water partition coefficient (Wildman–Crippen LogP) is 1.25. The highest BCUT2D eigenvalue weighted by Crippen LogP contribution is 2.54. The number of imidazole rings is 1. The van der Waals surface area contributed by atoms with Gasteiger partial charge in [-0.15, -0.1) is 0 Å². The maximum atomic E-state index is 12.1. The molecule has 0 bridgehead atoms. The van der Waals surface area contributed by atoms with Crippen LogP contribution in [0.5, 0.6) is 0 Å². The van der Waals surface area contributed by atoms with E-state index in [-0.39, 0.29) is 0 Å². The Morgan fingerprint density at radius 2 is 2.07 bits per heavy atom. The third-order valence-corrected chi connectivity index (χ3v) is 4.79. The van der Waals surface area contributed by atoms with Gasteiger partial charge in [-0.3, -0.25) is 4.34 Å². The number of aromatic nitrogens is 2. The standard InChI is InChI=1S/C9H17N2O2P/c1-8-6-11(7-10(8)5)14(12,13)9(2,3)4/h6H,1-5H3,(H,12,13). The zero-order valence-corrected chi connectivity index (χ0v) is 10.2. The first-order valence-electron chi connectivity index (χ1n) is 4.47. The summed E-state index contributed by atoms with van der Waals surface area (Å²) in [5.41, 5.74) is 0.906. The first-order valence-corrected chi connectivity index (χ1v) is 6.08. The number of nitrogens with zero attached hydrogens (tertiary/aromatic N) is 2. The summed E-state index contributed by atoms with van der Waals surface area (Å²) in [5, 5.41) is -0.665. The molecule has 0 aliphatic heterocycles. The first-order chi connectivity index (χ1) is 6.16. The summed E-state index contributed by atoms with van der Waals surface area (Å²) in [4.78, 5) is 9.93. The second kappa shape index (κ2) is 3.21. The van der Waals surface area contributed by atoms with E-state index in [4.69, 9.17) is 0 Å². The van der Waals surface area contributed by atoms with Gasteiger partial charge in [0.2, 0.25) is 6.33 Å². The topological polar surface area (TPSA) is 46.1 Å². The Balaban J connectivity index is 3.24. The van der Waals surface area contributed by atoms with Crippen molar-refractivity contribution in [3.63, 3.8) is 0 Å². The molecule has 0 aromatic carbocycles. The first kappa shape index (κ1) is 11.5. The summed E-state index contributed by atoms with van der Waals surface area (Å²) in [6, 6.07) is 0. The van der Waals surface area contributed by atoms with Crippen LogP contribution in [0.3, 0.4) is 0 Å². The summed E-state index contributed by atoms with van der Waals surface area (Å²) >= 11 is 0. The maximum Gasteiger partial charge on any atom is 0.360 e. The van der Waals surface area contributed by atoms with Gasteiger partial charge in [-0.1, -0.05) is 6.92 Å². The molecule has 0 spiro atoms. The summed E-state index contributed by atoms with van der Waals surface area (Å²) in [6.45, 7) is 7.11. The molecular weight excluding hydrogens is 199 g/mol. The van der Waals surface area contributed by atoms with Crippen LogP contribution in [-0.2, 0) is 11.6 Å². The molecule has 0 aliphatic carbocycles. The van der Waals surface area contributed by atoms with E-state index in [9.17, 15) is 9.46 Å². The zero-order chi connectivity index (χ0) is 11.1. The molecule has 4 nitrogen and oxygen atoms in total. The summed E-state index contributed by atoms with van der Waals surface area (Å²) in [7, 11) is -1.59. The van der Waals surface area contributed by atoms with Crippen LogP contribution >= 0.6 is 7.52 Å². The van der Waals surface area contributed by atoms with Gasteiger partial charge in [0.1, 0.15) is 0 Å². The van der Waals surface area contributed by atoms with Crippen molar-refractivity contribution in [3.8, 4) is 0 Å². The molecule has 1 unspecified atom stereocenters. The van der Waals surface area contributed by atoms with Gasteiger partial charge in [-0.25, -0.2) is 4.57 Å². The van der Waals surface area contributed by atoms with Crippen LogP contribution in [0.4, 0.5) is 0 Å². The van der Waals surface area contributed by atoms with Crippen molar-refractivity contribution in [2.24, 2.45) is 7.05 Å². The lowest BCUT2D eigenvalue weighted by molar-refractivity contribution is -0.680. The molecule has 1 N–H and O–H groups in total. The Hall–Kier alpha value is -0.600. The minimum Gasteiger partial charge on any atom is -0.351 e. The van der Waals surface area contributed by atoms with E-state index in [0.29, 0.717) is 0 Å². The fourth-order valence-corrected chi connectivity index (χ4v) is 2.21. The van der Waals surface area contributed by atoms with Crippen LogP contribution in [0.1, 0.15) is 26.5 Å². The molecule has 0 fully saturated rings. The average molecular weight is 216 g/mol. The van der Waals surface area contributed by atoms with Gasteiger partial charge in [0.05, 0.1) is 12.2 Å². The molecule has 1 atom stereocenters. The Bertz CT molecular complexity index is 371. The van der Waals surface area contributed by atoms with E-state index in [2.05, 4.69) is 6.33 Å². The lowest BCUT2D eigenvalue weighted by atomic mass is 10.3. The Kier molecular flexibility index (Phi) is 2.63. The van der Waals surface area contributed by atoms with Gasteiger partial charge < -0.3 is 9.46 Å². The number of rotatable bonds is 1. The second-order valence-electron chi connectivity index (χ2n) is 4.49. The molecule has 0 aliphatic rings. The van der Waals surface area contributed by atoms with Crippen LogP contribution in [0.2, 0.25) is 0 Å². The zero-order valence-electron chi connectivity index (χ0n) is 9.27. The fourth-order valence-electron chi connectivity index (χ4n) is 0.987. The van der Waals surface area contributed by atoms with Gasteiger partial charge in [-0.2, -0.15) is 0 Å². The van der Waals surface area contributed by atoms with Crippen molar-refractivity contribution < 1.29 is 14.0 Å². The van der Waals surface area contributed by atoms with Gasteiger partial charge >= 0.3 is 7.52 Å². The largest absolute Gasteiger partial charge is 0.360 e. The van der Waals surface area contributed by atoms with Gasteiger partial charge in [0, 0.05) is 0 Å². The van der Waals surface area contributed by atoms with Crippen LogP contribution in [0, 0.1) is 13.3 Å². The molecule has 80 valence electrons. The molecule has 1 rings (SSSR count). The molecule has 1 aromatic rings. The van der Waals surface area contributed by atoms with Gasteiger partial charge in [0.15, 0.2) is 0 Å². The lowest BCUT2D eigenvalue weighted by Gasteiger charge is -2.24. The predicted molar refractivity (Wildman–Crippen MR) is 54.2 cm³/mol. The highest BCUT2D eigenvalue weighted by atomic mass is 31.2. The molecule has 0 radical (unpaired) electrons. The summed E-state index contributed by atoms with van der Waals surface area (Å²) in [6.07, 6.45) is 4.46. The van der Waals surface area contributed by atoms with Gasteiger partial charge in [0.25, 0.3) is 0 Å². The van der Waals surface area contributed by atoms with E-state index in [1.807, 2.05) is 6.92 Å². The minimum absolute atomic E-state index is 0.665. The van der Waals surface area contributed by atoms with Crippen molar-refractivity contribution in [1.29, 1.82) is 0 Å². The molecule has 0 amide bonds. The maximum absolute atomic E-state index is 12.1. The Morgan fingerprint density at radius 3 is 2.36 bits per heavy atom. The SMILES string of the molecule is Cc1cn(P(=O)(O)C(C)(C)C)[c-][n+]1C.